The number of nitro benzene ring substituents is 1. The van der Waals surface area contributed by atoms with E-state index in [1.807, 2.05) is 40.1 Å². The molecule has 0 unspecified atom stereocenters. The van der Waals surface area contributed by atoms with Crippen LogP contribution in [0.3, 0.4) is 0 Å². The predicted molar refractivity (Wildman–Crippen MR) is 139 cm³/mol. The molecule has 10 heteroatoms. The van der Waals surface area contributed by atoms with Crippen molar-refractivity contribution in [2.45, 2.75) is 6.61 Å². The van der Waals surface area contributed by atoms with Gasteiger partial charge in [0.15, 0.2) is 5.11 Å². The molecule has 1 aliphatic heterocycles. The number of anilines is 1. The molecule has 0 radical (unpaired) electrons. The molecule has 1 amide bonds. The van der Waals surface area contributed by atoms with Crippen molar-refractivity contribution >= 4 is 46.2 Å². The number of ether oxygens (including phenoxy) is 1. The Balaban J connectivity index is 1.30. The van der Waals surface area contributed by atoms with Crippen LogP contribution in [0.1, 0.15) is 15.9 Å². The van der Waals surface area contributed by atoms with Crippen LogP contribution in [0.15, 0.2) is 72.8 Å². The molecule has 3 aromatic carbocycles. The van der Waals surface area contributed by atoms with Crippen molar-refractivity contribution in [2.75, 3.05) is 31.1 Å². The van der Waals surface area contributed by atoms with Gasteiger partial charge < -0.3 is 14.5 Å². The first kappa shape index (κ1) is 24.4. The Hall–Kier alpha value is -3.69. The molecule has 1 heterocycles. The minimum Gasteiger partial charge on any atom is -0.489 e. The van der Waals surface area contributed by atoms with E-state index in [4.69, 9.17) is 28.6 Å². The summed E-state index contributed by atoms with van der Waals surface area (Å²) in [4.78, 5) is 27.2. The van der Waals surface area contributed by atoms with Gasteiger partial charge >= 0.3 is 0 Å². The Bertz CT molecular complexity index is 1230. The third-order valence-corrected chi connectivity index (χ3v) is 6.28. The van der Waals surface area contributed by atoms with Crippen molar-refractivity contribution in [3.8, 4) is 5.75 Å². The topological polar surface area (TPSA) is 88.0 Å². The first-order valence-electron chi connectivity index (χ1n) is 11.0. The third-order valence-electron chi connectivity index (χ3n) is 5.61. The van der Waals surface area contributed by atoms with Gasteiger partial charge in [-0.15, -0.1) is 0 Å². The molecule has 0 spiro atoms. The van der Waals surface area contributed by atoms with Crippen LogP contribution in [0.4, 0.5) is 11.4 Å². The molecule has 1 fully saturated rings. The molecule has 0 aliphatic carbocycles. The minimum absolute atomic E-state index is 0.0455. The number of carbonyl (C=O) groups excluding carboxylic acids is 1. The van der Waals surface area contributed by atoms with Gasteiger partial charge in [0.1, 0.15) is 12.4 Å². The molecule has 180 valence electrons. The Morgan fingerprint density at radius 3 is 2.46 bits per heavy atom. The van der Waals surface area contributed by atoms with Gasteiger partial charge in [0.2, 0.25) is 0 Å². The zero-order chi connectivity index (χ0) is 24.8. The number of benzene rings is 3. The second-order valence-corrected chi connectivity index (χ2v) is 8.72. The third kappa shape index (κ3) is 6.26. The molecule has 1 aliphatic rings. The molecular formula is C25H23ClN4O4S. The van der Waals surface area contributed by atoms with Crippen molar-refractivity contribution < 1.29 is 14.5 Å². The number of carbonyl (C=O) groups is 1. The molecule has 0 aromatic heterocycles. The second kappa shape index (κ2) is 11.2. The van der Waals surface area contributed by atoms with Crippen LogP contribution < -0.4 is 15.0 Å². The van der Waals surface area contributed by atoms with Gasteiger partial charge in [-0.05, 0) is 42.0 Å². The molecular weight excluding hydrogens is 488 g/mol. The van der Waals surface area contributed by atoms with E-state index in [1.54, 1.807) is 30.3 Å². The van der Waals surface area contributed by atoms with Crippen LogP contribution in [0.2, 0.25) is 5.02 Å². The standard InChI is InChI=1S/C25H23ClN4O4S/c26-22-16-20(30(32)33)9-10-23(22)28-11-13-29(14-12-28)25(35)27-24(31)19-7-4-8-21(15-19)34-17-18-5-2-1-3-6-18/h1-10,15-16H,11-14,17H2,(H,27,31,35). The van der Waals surface area contributed by atoms with E-state index in [1.165, 1.54) is 12.1 Å². The number of nitro groups is 1. The van der Waals surface area contributed by atoms with E-state index in [0.29, 0.717) is 54.2 Å². The van der Waals surface area contributed by atoms with Crippen LogP contribution in [-0.2, 0) is 6.61 Å². The lowest BCUT2D eigenvalue weighted by Gasteiger charge is -2.37. The van der Waals surface area contributed by atoms with E-state index in [2.05, 4.69) is 5.32 Å². The van der Waals surface area contributed by atoms with Crippen LogP contribution in [-0.4, -0.2) is 47.0 Å². The van der Waals surface area contributed by atoms with Crippen molar-refractivity contribution in [2.24, 2.45) is 0 Å². The lowest BCUT2D eigenvalue weighted by molar-refractivity contribution is -0.384. The second-order valence-electron chi connectivity index (χ2n) is 7.93. The summed E-state index contributed by atoms with van der Waals surface area (Å²) in [6.45, 7) is 2.78. The van der Waals surface area contributed by atoms with Gasteiger partial charge in [-0.1, -0.05) is 48.0 Å². The molecule has 35 heavy (non-hydrogen) atoms. The van der Waals surface area contributed by atoms with Crippen molar-refractivity contribution in [3.05, 3.63) is 99.1 Å². The smallest absolute Gasteiger partial charge is 0.271 e. The Morgan fingerprint density at radius 2 is 1.77 bits per heavy atom. The van der Waals surface area contributed by atoms with Crippen molar-refractivity contribution in [3.63, 3.8) is 0 Å². The molecule has 1 saturated heterocycles. The SMILES string of the molecule is O=C(NC(=S)N1CCN(c2ccc([N+](=O)[O-])cc2Cl)CC1)c1cccc(OCc2ccccc2)c1. The minimum atomic E-state index is -0.472. The normalized spacial score (nSPS) is 13.3. The van der Waals surface area contributed by atoms with Gasteiger partial charge in [-0.25, -0.2) is 0 Å². The van der Waals surface area contributed by atoms with Crippen LogP contribution in [0, 0.1) is 10.1 Å². The zero-order valence-corrected chi connectivity index (χ0v) is 20.3. The fraction of sp³-hybridized carbons (Fsp3) is 0.200. The summed E-state index contributed by atoms with van der Waals surface area (Å²) < 4.78 is 5.81. The highest BCUT2D eigenvalue weighted by Crippen LogP contribution is 2.30. The Labute approximate surface area is 213 Å². The summed E-state index contributed by atoms with van der Waals surface area (Å²) in [6, 6.07) is 21.2. The molecule has 0 atom stereocenters. The lowest BCUT2D eigenvalue weighted by atomic mass is 10.2. The largest absolute Gasteiger partial charge is 0.489 e. The molecule has 0 saturated carbocycles. The number of hydrogen-bond acceptors (Lipinski definition) is 6. The first-order chi connectivity index (χ1) is 16.9. The maximum atomic E-state index is 12.8. The fourth-order valence-corrected chi connectivity index (χ4v) is 4.30. The van der Waals surface area contributed by atoms with Gasteiger partial charge in [0, 0.05) is 43.9 Å². The number of hydrogen-bond donors (Lipinski definition) is 1. The monoisotopic (exact) mass is 510 g/mol. The highest BCUT2D eigenvalue weighted by Gasteiger charge is 2.23. The molecule has 4 rings (SSSR count). The van der Waals surface area contributed by atoms with Crippen LogP contribution in [0.5, 0.6) is 5.75 Å². The van der Waals surface area contributed by atoms with Gasteiger partial charge in [0.05, 0.1) is 15.6 Å². The maximum absolute atomic E-state index is 12.8. The number of non-ortho nitro benzene ring substituents is 1. The van der Waals surface area contributed by atoms with E-state index in [-0.39, 0.29) is 11.6 Å². The van der Waals surface area contributed by atoms with Gasteiger partial charge in [-0.3, -0.25) is 20.2 Å². The summed E-state index contributed by atoms with van der Waals surface area (Å²) in [5, 5.41) is 14.4. The number of nitrogens with zero attached hydrogens (tertiary/aromatic N) is 3. The Kier molecular flexibility index (Phi) is 7.79. The maximum Gasteiger partial charge on any atom is 0.271 e. The highest BCUT2D eigenvalue weighted by atomic mass is 35.5. The number of piperazine rings is 1. The number of thiocarbonyl (C=S) groups is 1. The van der Waals surface area contributed by atoms with Crippen LogP contribution >= 0.6 is 23.8 Å². The summed E-state index contributed by atoms with van der Waals surface area (Å²) in [5.74, 6) is 0.294. The molecule has 8 nitrogen and oxygen atoms in total. The van der Waals surface area contributed by atoms with E-state index in [0.717, 1.165) is 11.3 Å². The van der Waals surface area contributed by atoms with E-state index >= 15 is 0 Å². The first-order valence-corrected chi connectivity index (χ1v) is 11.8. The molecule has 0 bridgehead atoms. The summed E-state index contributed by atoms with van der Waals surface area (Å²) in [6.07, 6.45) is 0. The van der Waals surface area contributed by atoms with Gasteiger partial charge in [0.25, 0.3) is 11.6 Å². The number of amides is 1. The number of halogens is 1. The summed E-state index contributed by atoms with van der Waals surface area (Å²) in [7, 11) is 0. The van der Waals surface area contributed by atoms with Gasteiger partial charge in [-0.2, -0.15) is 0 Å². The average molecular weight is 511 g/mol. The van der Waals surface area contributed by atoms with Crippen LogP contribution in [0.25, 0.3) is 0 Å². The van der Waals surface area contributed by atoms with Crippen molar-refractivity contribution in [1.29, 1.82) is 0 Å². The van der Waals surface area contributed by atoms with E-state index in [9.17, 15) is 14.9 Å². The lowest BCUT2D eigenvalue weighted by Crippen LogP contribution is -2.52. The Morgan fingerprint density at radius 1 is 1.03 bits per heavy atom. The summed E-state index contributed by atoms with van der Waals surface area (Å²) >= 11 is 11.7. The zero-order valence-electron chi connectivity index (χ0n) is 18.7. The van der Waals surface area contributed by atoms with Crippen molar-refractivity contribution in [1.82, 2.24) is 10.2 Å². The highest BCUT2D eigenvalue weighted by molar-refractivity contribution is 7.80. The summed E-state index contributed by atoms with van der Waals surface area (Å²) in [5.41, 5.74) is 2.18. The predicted octanol–water partition coefficient (Wildman–Crippen LogP) is 4.66. The number of nitrogens with one attached hydrogen (secondary N) is 1. The fourth-order valence-electron chi connectivity index (χ4n) is 3.73. The quantitative estimate of drug-likeness (QED) is 0.293. The molecule has 3 aromatic rings. The molecule has 1 N–H and O–H groups in total. The number of rotatable bonds is 6. The van der Waals surface area contributed by atoms with E-state index < -0.39 is 4.92 Å². The average Bonchev–Trinajstić information content (AvgIpc) is 2.88.